The first-order valence-electron chi connectivity index (χ1n) is 7.39. The van der Waals surface area contributed by atoms with E-state index in [0.29, 0.717) is 33.1 Å². The van der Waals surface area contributed by atoms with Crippen molar-refractivity contribution in [1.29, 1.82) is 0 Å². The monoisotopic (exact) mass is 394 g/mol. The molecule has 0 spiro atoms. The summed E-state index contributed by atoms with van der Waals surface area (Å²) in [5.74, 6) is 0.752. The zero-order chi connectivity index (χ0) is 17.8. The number of ether oxygens (including phenoxy) is 1. The molecule has 2 aromatic rings. The molecule has 0 saturated heterocycles. The summed E-state index contributed by atoms with van der Waals surface area (Å²) in [6.07, 6.45) is 1.76. The maximum Gasteiger partial charge on any atom is 0.283 e. The lowest BCUT2D eigenvalue weighted by molar-refractivity contribution is -0.113. The van der Waals surface area contributed by atoms with Gasteiger partial charge in [0.15, 0.2) is 5.17 Å². The van der Waals surface area contributed by atoms with Gasteiger partial charge in [-0.25, -0.2) is 4.99 Å². The van der Waals surface area contributed by atoms with Crippen molar-refractivity contribution < 1.29 is 14.6 Å². The van der Waals surface area contributed by atoms with Crippen molar-refractivity contribution in [3.63, 3.8) is 0 Å². The molecule has 0 atom stereocenters. The molecule has 0 aliphatic carbocycles. The fourth-order valence-electron chi connectivity index (χ4n) is 2.26. The number of aliphatic hydroxyl groups excluding tert-OH is 1. The predicted octanol–water partition coefficient (Wildman–Crippen LogP) is 3.88. The van der Waals surface area contributed by atoms with E-state index in [1.54, 1.807) is 24.3 Å². The lowest BCUT2D eigenvalue weighted by atomic mass is 10.2. The molecule has 1 N–H and O–H groups in total. The summed E-state index contributed by atoms with van der Waals surface area (Å²) >= 11 is 9.05. The van der Waals surface area contributed by atoms with Gasteiger partial charge in [-0.3, -0.25) is 9.69 Å². The van der Waals surface area contributed by atoms with Crippen LogP contribution in [0.4, 0.5) is 5.69 Å². The van der Waals surface area contributed by atoms with Gasteiger partial charge in [0.25, 0.3) is 5.91 Å². The molecule has 1 aromatic heterocycles. The average Bonchev–Trinajstić information content (AvgIpc) is 3.22. The summed E-state index contributed by atoms with van der Waals surface area (Å²) in [5.41, 5.74) is 0.962. The number of anilines is 1. The highest BCUT2D eigenvalue weighted by Gasteiger charge is 2.32. The van der Waals surface area contributed by atoms with Crippen LogP contribution in [0, 0.1) is 0 Å². The molecule has 2 heterocycles. The second kappa shape index (κ2) is 8.05. The van der Waals surface area contributed by atoms with Crippen molar-refractivity contribution in [2.45, 2.75) is 0 Å². The molecular weight excluding hydrogens is 380 g/mol. The van der Waals surface area contributed by atoms with Crippen LogP contribution in [0.5, 0.6) is 5.75 Å². The number of thiophene rings is 1. The third-order valence-corrected chi connectivity index (χ3v) is 5.40. The maximum absolute atomic E-state index is 12.9. The van der Waals surface area contributed by atoms with Crippen LogP contribution in [0.15, 0.2) is 46.4 Å². The Bertz CT molecular complexity index is 834. The van der Waals surface area contributed by atoms with Gasteiger partial charge in [-0.05, 0) is 35.7 Å². The fourth-order valence-corrected chi connectivity index (χ4v) is 3.92. The Kier molecular flexibility index (Phi) is 5.80. The summed E-state index contributed by atoms with van der Waals surface area (Å²) in [6, 6.07) is 8.98. The van der Waals surface area contributed by atoms with Crippen molar-refractivity contribution in [3.05, 3.63) is 51.3 Å². The predicted molar refractivity (Wildman–Crippen MR) is 105 cm³/mol. The molecule has 8 heteroatoms. The zero-order valence-electron chi connectivity index (χ0n) is 13.3. The molecule has 1 aromatic carbocycles. The second-order valence-electron chi connectivity index (χ2n) is 4.97. The third-order valence-electron chi connectivity index (χ3n) is 3.37. The van der Waals surface area contributed by atoms with Crippen LogP contribution in [-0.2, 0) is 4.79 Å². The highest BCUT2D eigenvalue weighted by molar-refractivity contribution is 8.14. The first kappa shape index (κ1) is 18.0. The number of hydrogen-bond acceptors (Lipinski definition) is 6. The summed E-state index contributed by atoms with van der Waals surface area (Å²) in [5, 5.41) is 12.0. The van der Waals surface area contributed by atoms with E-state index < -0.39 is 0 Å². The smallest absolute Gasteiger partial charge is 0.283 e. The van der Waals surface area contributed by atoms with Gasteiger partial charge < -0.3 is 9.84 Å². The molecule has 25 heavy (non-hydrogen) atoms. The van der Waals surface area contributed by atoms with Crippen LogP contribution < -0.4 is 9.64 Å². The Hall–Kier alpha value is -1.80. The second-order valence-corrected chi connectivity index (χ2v) is 7.42. The van der Waals surface area contributed by atoms with E-state index in [2.05, 4.69) is 4.99 Å². The van der Waals surface area contributed by atoms with Crippen LogP contribution in [0.2, 0.25) is 5.02 Å². The van der Waals surface area contributed by atoms with Gasteiger partial charge in [-0.2, -0.15) is 0 Å². The minimum Gasteiger partial charge on any atom is -0.495 e. The number of amides is 1. The number of aliphatic hydroxyl groups is 1. The molecule has 1 aliphatic heterocycles. The van der Waals surface area contributed by atoms with Crippen LogP contribution in [0.25, 0.3) is 6.08 Å². The Labute approximate surface area is 158 Å². The minimum atomic E-state index is -0.227. The number of nitrogens with zero attached hydrogens (tertiary/aromatic N) is 2. The van der Waals surface area contributed by atoms with E-state index >= 15 is 0 Å². The van der Waals surface area contributed by atoms with E-state index in [1.807, 2.05) is 17.5 Å². The molecule has 0 bridgehead atoms. The molecule has 0 radical (unpaired) electrons. The Morgan fingerprint density at radius 3 is 2.92 bits per heavy atom. The van der Waals surface area contributed by atoms with Gasteiger partial charge in [0.1, 0.15) is 11.4 Å². The molecule has 5 nitrogen and oxygen atoms in total. The number of rotatable bonds is 5. The number of carbonyl (C=O) groups is 1. The van der Waals surface area contributed by atoms with Crippen LogP contribution in [-0.4, -0.2) is 35.7 Å². The van der Waals surface area contributed by atoms with Gasteiger partial charge in [-0.1, -0.05) is 29.4 Å². The summed E-state index contributed by atoms with van der Waals surface area (Å²) in [6.45, 7) is -0.000934. The SMILES string of the molecule is COc1ccc(N2C(=O)C(=Cc3cccs3)N=C2SCCO)cc1Cl. The Balaban J connectivity index is 1.97. The molecule has 3 rings (SSSR count). The van der Waals surface area contributed by atoms with Gasteiger partial charge in [0.2, 0.25) is 0 Å². The molecular formula is C17H15ClN2O3S2. The number of hydrogen-bond donors (Lipinski definition) is 1. The topological polar surface area (TPSA) is 62.1 Å². The van der Waals surface area contributed by atoms with Crippen molar-refractivity contribution in [2.75, 3.05) is 24.4 Å². The number of halogens is 1. The largest absolute Gasteiger partial charge is 0.495 e. The highest BCUT2D eigenvalue weighted by atomic mass is 35.5. The van der Waals surface area contributed by atoms with Gasteiger partial charge in [0, 0.05) is 10.6 Å². The normalized spacial score (nSPS) is 15.8. The van der Waals surface area contributed by atoms with Gasteiger partial charge in [0.05, 0.1) is 24.4 Å². The van der Waals surface area contributed by atoms with Crippen molar-refractivity contribution in [3.8, 4) is 5.75 Å². The lowest BCUT2D eigenvalue weighted by Gasteiger charge is -2.18. The maximum atomic E-state index is 12.9. The van der Waals surface area contributed by atoms with Crippen LogP contribution >= 0.6 is 34.7 Å². The van der Waals surface area contributed by atoms with Crippen molar-refractivity contribution >= 4 is 57.5 Å². The van der Waals surface area contributed by atoms with E-state index in [1.165, 1.54) is 35.1 Å². The fraction of sp³-hybridized carbons (Fsp3) is 0.176. The number of thioether (sulfide) groups is 1. The number of benzene rings is 1. The average molecular weight is 395 g/mol. The molecule has 130 valence electrons. The molecule has 0 saturated carbocycles. The standard InChI is InChI=1S/C17H15ClN2O3S2/c1-23-15-5-4-11(9-13(15)18)20-16(22)14(10-12-3-2-7-24-12)19-17(20)25-8-6-21/h2-5,7,9-10,21H,6,8H2,1H3. The number of amidine groups is 1. The van der Waals surface area contributed by atoms with E-state index in [-0.39, 0.29) is 12.5 Å². The quantitative estimate of drug-likeness (QED) is 0.782. The van der Waals surface area contributed by atoms with Crippen LogP contribution in [0.1, 0.15) is 4.88 Å². The van der Waals surface area contributed by atoms with Gasteiger partial charge in [-0.15, -0.1) is 11.3 Å². The first-order valence-corrected chi connectivity index (χ1v) is 9.64. The summed E-state index contributed by atoms with van der Waals surface area (Å²) in [7, 11) is 1.54. The molecule has 1 aliphatic rings. The zero-order valence-corrected chi connectivity index (χ0v) is 15.7. The number of methoxy groups -OCH3 is 1. The van der Waals surface area contributed by atoms with E-state index in [0.717, 1.165) is 4.88 Å². The highest BCUT2D eigenvalue weighted by Crippen LogP contribution is 2.34. The molecule has 0 unspecified atom stereocenters. The lowest BCUT2D eigenvalue weighted by Crippen LogP contribution is -2.30. The van der Waals surface area contributed by atoms with Crippen molar-refractivity contribution in [1.82, 2.24) is 0 Å². The Morgan fingerprint density at radius 2 is 2.28 bits per heavy atom. The summed E-state index contributed by atoms with van der Waals surface area (Å²) < 4.78 is 5.16. The summed E-state index contributed by atoms with van der Waals surface area (Å²) in [4.78, 5) is 19.8. The van der Waals surface area contributed by atoms with E-state index in [9.17, 15) is 4.79 Å². The van der Waals surface area contributed by atoms with Crippen LogP contribution in [0.3, 0.4) is 0 Å². The Morgan fingerprint density at radius 1 is 1.44 bits per heavy atom. The number of carbonyl (C=O) groups excluding carboxylic acids is 1. The number of aliphatic imine (C=N–C) groups is 1. The molecule has 1 amide bonds. The molecule has 0 fully saturated rings. The minimum absolute atomic E-state index is 0.000934. The third kappa shape index (κ3) is 3.90. The van der Waals surface area contributed by atoms with Crippen molar-refractivity contribution in [2.24, 2.45) is 4.99 Å². The van der Waals surface area contributed by atoms with E-state index in [4.69, 9.17) is 21.4 Å². The van der Waals surface area contributed by atoms with Gasteiger partial charge >= 0.3 is 0 Å². The first-order chi connectivity index (χ1) is 12.1.